The third-order valence-corrected chi connectivity index (χ3v) is 7.72. The molecule has 1 aromatic carbocycles. The number of aromatic nitrogens is 2. The first-order chi connectivity index (χ1) is 15.6. The Morgan fingerprint density at radius 2 is 1.78 bits per heavy atom. The van der Waals surface area contributed by atoms with E-state index in [0.717, 1.165) is 38.0 Å². The van der Waals surface area contributed by atoms with Gasteiger partial charge >= 0.3 is 0 Å². The molecule has 8 heteroatoms. The van der Waals surface area contributed by atoms with Crippen LogP contribution in [0.15, 0.2) is 78.2 Å². The molecular formula is C24H28N4O3S. The van der Waals surface area contributed by atoms with E-state index in [2.05, 4.69) is 14.9 Å². The number of likely N-dealkylation sites (tertiary alicyclic amines) is 1. The molecule has 4 rings (SSSR count). The minimum Gasteiger partial charge on any atom is -0.497 e. The van der Waals surface area contributed by atoms with Gasteiger partial charge in [0.1, 0.15) is 5.75 Å². The average molecular weight is 453 g/mol. The smallest absolute Gasteiger partial charge is 0.243 e. The average Bonchev–Trinajstić information content (AvgIpc) is 2.84. The topological polar surface area (TPSA) is 75.6 Å². The fourth-order valence-corrected chi connectivity index (χ4v) is 5.80. The molecule has 2 aromatic heterocycles. The predicted molar refractivity (Wildman–Crippen MR) is 122 cm³/mol. The molecule has 0 atom stereocenters. The summed E-state index contributed by atoms with van der Waals surface area (Å²) >= 11 is 0. The van der Waals surface area contributed by atoms with Crippen molar-refractivity contribution in [3.05, 3.63) is 84.4 Å². The van der Waals surface area contributed by atoms with Crippen LogP contribution in [0.2, 0.25) is 0 Å². The van der Waals surface area contributed by atoms with Gasteiger partial charge in [-0.3, -0.25) is 14.9 Å². The molecule has 0 N–H and O–H groups in total. The molecule has 0 radical (unpaired) electrons. The summed E-state index contributed by atoms with van der Waals surface area (Å²) in [5.41, 5.74) is 2.09. The van der Waals surface area contributed by atoms with Crippen molar-refractivity contribution in [3.8, 4) is 5.75 Å². The van der Waals surface area contributed by atoms with Crippen LogP contribution in [0.1, 0.15) is 24.0 Å². The van der Waals surface area contributed by atoms with Crippen LogP contribution in [0.3, 0.4) is 0 Å². The van der Waals surface area contributed by atoms with Gasteiger partial charge in [-0.1, -0.05) is 12.1 Å². The molecule has 7 nitrogen and oxygen atoms in total. The molecule has 0 aliphatic carbocycles. The Bertz CT molecular complexity index is 1100. The lowest BCUT2D eigenvalue weighted by molar-refractivity contribution is 0.150. The number of methoxy groups -OCH3 is 1. The minimum atomic E-state index is -3.71. The van der Waals surface area contributed by atoms with E-state index in [1.165, 1.54) is 12.7 Å². The molecule has 1 aliphatic rings. The van der Waals surface area contributed by atoms with Crippen molar-refractivity contribution in [2.45, 2.75) is 36.9 Å². The largest absolute Gasteiger partial charge is 0.497 e. The second-order valence-corrected chi connectivity index (χ2v) is 9.84. The number of sulfonamides is 1. The van der Waals surface area contributed by atoms with Crippen LogP contribution >= 0.6 is 0 Å². The predicted octanol–water partition coefficient (Wildman–Crippen LogP) is 3.34. The van der Waals surface area contributed by atoms with Crippen LogP contribution < -0.4 is 4.74 Å². The van der Waals surface area contributed by atoms with Crippen molar-refractivity contribution < 1.29 is 13.2 Å². The van der Waals surface area contributed by atoms with Gasteiger partial charge in [-0.15, -0.1) is 0 Å². The van der Waals surface area contributed by atoms with Crippen molar-refractivity contribution in [1.82, 2.24) is 19.2 Å². The van der Waals surface area contributed by atoms with Crippen molar-refractivity contribution in [3.63, 3.8) is 0 Å². The number of hydrogen-bond donors (Lipinski definition) is 0. The quantitative estimate of drug-likeness (QED) is 0.522. The van der Waals surface area contributed by atoms with E-state index in [1.54, 1.807) is 53.4 Å². The number of piperidine rings is 1. The fraction of sp³-hybridized carbons (Fsp3) is 0.333. The zero-order valence-electron chi connectivity index (χ0n) is 18.2. The lowest BCUT2D eigenvalue weighted by Crippen LogP contribution is -2.46. The lowest BCUT2D eigenvalue weighted by atomic mass is 10.0. The highest BCUT2D eigenvalue weighted by Gasteiger charge is 2.34. The number of ether oxygens (including phenoxy) is 1. The van der Waals surface area contributed by atoms with E-state index in [1.807, 2.05) is 24.3 Å². The molecule has 32 heavy (non-hydrogen) atoms. The summed E-state index contributed by atoms with van der Waals surface area (Å²) in [5.74, 6) is 0.527. The Morgan fingerprint density at radius 3 is 2.47 bits per heavy atom. The van der Waals surface area contributed by atoms with Gasteiger partial charge in [-0.25, -0.2) is 8.42 Å². The SMILES string of the molecule is COc1cccc(S(=O)(=O)N(Cc2cccnc2)C2CCN(Cc3ccncc3)CC2)c1. The second-order valence-electron chi connectivity index (χ2n) is 7.95. The van der Waals surface area contributed by atoms with Gasteiger partial charge in [-0.05, 0) is 54.3 Å². The van der Waals surface area contributed by atoms with Gasteiger partial charge in [0.05, 0.1) is 12.0 Å². The normalized spacial score (nSPS) is 15.7. The van der Waals surface area contributed by atoms with Crippen LogP contribution in [0.5, 0.6) is 5.75 Å². The van der Waals surface area contributed by atoms with Gasteiger partial charge in [-0.2, -0.15) is 4.31 Å². The number of benzene rings is 1. The van der Waals surface area contributed by atoms with Crippen LogP contribution in [0, 0.1) is 0 Å². The van der Waals surface area contributed by atoms with E-state index in [4.69, 9.17) is 4.74 Å². The number of nitrogens with zero attached hydrogens (tertiary/aromatic N) is 4. The van der Waals surface area contributed by atoms with Crippen LogP contribution in [0.4, 0.5) is 0 Å². The zero-order valence-corrected chi connectivity index (χ0v) is 19.0. The van der Waals surface area contributed by atoms with E-state index < -0.39 is 10.0 Å². The zero-order chi connectivity index (χ0) is 22.4. The summed E-state index contributed by atoms with van der Waals surface area (Å²) in [6.45, 7) is 2.82. The highest BCUT2D eigenvalue weighted by atomic mass is 32.2. The van der Waals surface area contributed by atoms with E-state index in [-0.39, 0.29) is 10.9 Å². The third kappa shape index (κ3) is 5.32. The Morgan fingerprint density at radius 1 is 1.00 bits per heavy atom. The molecular weight excluding hydrogens is 424 g/mol. The number of hydrogen-bond acceptors (Lipinski definition) is 6. The first-order valence-electron chi connectivity index (χ1n) is 10.7. The highest BCUT2D eigenvalue weighted by molar-refractivity contribution is 7.89. The maximum absolute atomic E-state index is 13.7. The van der Waals surface area contributed by atoms with Crippen LogP contribution in [-0.2, 0) is 23.1 Å². The number of rotatable bonds is 8. The summed E-state index contributed by atoms with van der Waals surface area (Å²) in [7, 11) is -2.17. The Kier molecular flexibility index (Phi) is 7.14. The van der Waals surface area contributed by atoms with Gasteiger partial charge in [0, 0.05) is 63.1 Å². The number of pyridine rings is 2. The summed E-state index contributed by atoms with van der Waals surface area (Å²) in [6, 6.07) is 14.4. The summed E-state index contributed by atoms with van der Waals surface area (Å²) in [5, 5.41) is 0. The van der Waals surface area contributed by atoms with Gasteiger partial charge in [0.2, 0.25) is 10.0 Å². The Hall–Kier alpha value is -2.81. The van der Waals surface area contributed by atoms with Gasteiger partial charge in [0.25, 0.3) is 0 Å². The van der Waals surface area contributed by atoms with Crippen molar-refractivity contribution >= 4 is 10.0 Å². The first-order valence-corrected chi connectivity index (χ1v) is 12.2. The molecule has 3 heterocycles. The van der Waals surface area contributed by atoms with Crippen molar-refractivity contribution in [1.29, 1.82) is 0 Å². The summed E-state index contributed by atoms with van der Waals surface area (Å²) < 4.78 is 34.3. The van der Waals surface area contributed by atoms with Crippen LogP contribution in [-0.4, -0.2) is 53.8 Å². The summed E-state index contributed by atoms with van der Waals surface area (Å²) in [6.07, 6.45) is 8.58. The Balaban J connectivity index is 1.55. The Labute approximate surface area is 189 Å². The van der Waals surface area contributed by atoms with Gasteiger partial charge < -0.3 is 4.74 Å². The molecule has 0 unspecified atom stereocenters. The minimum absolute atomic E-state index is 0.0832. The maximum Gasteiger partial charge on any atom is 0.243 e. The summed E-state index contributed by atoms with van der Waals surface area (Å²) in [4.78, 5) is 10.9. The molecule has 0 amide bonds. The van der Waals surface area contributed by atoms with E-state index >= 15 is 0 Å². The molecule has 0 bridgehead atoms. The van der Waals surface area contributed by atoms with Crippen molar-refractivity contribution in [2.75, 3.05) is 20.2 Å². The molecule has 168 valence electrons. The molecule has 0 spiro atoms. The van der Waals surface area contributed by atoms with E-state index in [9.17, 15) is 8.42 Å². The van der Waals surface area contributed by atoms with Crippen LogP contribution in [0.25, 0.3) is 0 Å². The molecule has 1 aliphatic heterocycles. The highest BCUT2D eigenvalue weighted by Crippen LogP contribution is 2.28. The molecule has 3 aromatic rings. The molecule has 1 fully saturated rings. The standard InChI is InChI=1S/C24H28N4O3S/c1-31-23-5-2-6-24(16-23)32(29,30)28(19-21-4-3-11-26-17-21)22-9-14-27(15-10-22)18-20-7-12-25-13-8-20/h2-8,11-13,16-17,22H,9-10,14-15,18-19H2,1H3. The fourth-order valence-electron chi connectivity index (χ4n) is 4.09. The maximum atomic E-state index is 13.7. The molecule has 0 saturated carbocycles. The monoisotopic (exact) mass is 452 g/mol. The first kappa shape index (κ1) is 22.4. The van der Waals surface area contributed by atoms with E-state index in [0.29, 0.717) is 12.3 Å². The lowest BCUT2D eigenvalue weighted by Gasteiger charge is -2.38. The second kappa shape index (κ2) is 10.2. The third-order valence-electron chi connectivity index (χ3n) is 5.83. The molecule has 1 saturated heterocycles. The van der Waals surface area contributed by atoms with Crippen molar-refractivity contribution in [2.24, 2.45) is 0 Å². The van der Waals surface area contributed by atoms with Gasteiger partial charge in [0.15, 0.2) is 0 Å².